The predicted octanol–water partition coefficient (Wildman–Crippen LogP) is 1.77. The van der Waals surface area contributed by atoms with E-state index < -0.39 is 0 Å². The largest absolute Gasteiger partial charge is 0.332 e. The van der Waals surface area contributed by atoms with Gasteiger partial charge in [-0.25, -0.2) is 0 Å². The highest BCUT2D eigenvalue weighted by atomic mass is 16.2. The second-order valence-electron chi connectivity index (χ2n) is 4.45. The fourth-order valence-corrected chi connectivity index (χ4v) is 2.22. The maximum absolute atomic E-state index is 12.0. The molecule has 1 fully saturated rings. The Morgan fingerprint density at radius 1 is 1.39 bits per heavy atom. The summed E-state index contributed by atoms with van der Waals surface area (Å²) in [4.78, 5) is 25.5. The Hall–Kier alpha value is -1.84. The van der Waals surface area contributed by atoms with Crippen LogP contribution >= 0.6 is 0 Å². The zero-order valence-electron chi connectivity index (χ0n) is 10.6. The number of amides is 2. The minimum absolute atomic E-state index is 0.123. The topological polar surface area (TPSA) is 49.4 Å². The molecule has 18 heavy (non-hydrogen) atoms. The van der Waals surface area contributed by atoms with Gasteiger partial charge in [-0.3, -0.25) is 9.59 Å². The highest BCUT2D eigenvalue weighted by Crippen LogP contribution is 2.14. The van der Waals surface area contributed by atoms with Crippen LogP contribution in [0.2, 0.25) is 0 Å². The summed E-state index contributed by atoms with van der Waals surface area (Å²) in [6.45, 7) is 2.72. The lowest BCUT2D eigenvalue weighted by atomic mass is 10.2. The molecule has 1 heterocycles. The first-order valence-corrected chi connectivity index (χ1v) is 6.37. The molecule has 2 amide bonds. The Morgan fingerprint density at radius 2 is 2.11 bits per heavy atom. The third-order valence-corrected chi connectivity index (χ3v) is 3.21. The predicted molar refractivity (Wildman–Crippen MR) is 68.9 cm³/mol. The van der Waals surface area contributed by atoms with Gasteiger partial charge in [0.05, 0.1) is 0 Å². The van der Waals surface area contributed by atoms with Gasteiger partial charge in [-0.2, -0.15) is 0 Å². The Morgan fingerprint density at radius 3 is 2.67 bits per heavy atom. The van der Waals surface area contributed by atoms with Gasteiger partial charge in [-0.15, -0.1) is 0 Å². The SMILES string of the molecule is CCC(NC(=O)c1ccccc1)N1CCCC1=O. The Bertz CT molecular complexity index is 431. The molecule has 0 saturated carbocycles. The van der Waals surface area contributed by atoms with Crippen LogP contribution in [-0.4, -0.2) is 29.4 Å². The molecule has 1 aromatic carbocycles. The number of likely N-dealkylation sites (tertiary alicyclic amines) is 1. The summed E-state index contributed by atoms with van der Waals surface area (Å²) >= 11 is 0. The molecule has 1 atom stereocenters. The first kappa shape index (κ1) is 12.6. The minimum Gasteiger partial charge on any atom is -0.332 e. The monoisotopic (exact) mass is 246 g/mol. The first-order chi connectivity index (χ1) is 8.72. The van der Waals surface area contributed by atoms with Crippen molar-refractivity contribution in [1.29, 1.82) is 0 Å². The molecule has 1 N–H and O–H groups in total. The zero-order valence-corrected chi connectivity index (χ0v) is 10.6. The van der Waals surface area contributed by atoms with E-state index in [4.69, 9.17) is 0 Å². The number of carbonyl (C=O) groups is 2. The number of nitrogens with one attached hydrogen (secondary N) is 1. The van der Waals surface area contributed by atoms with Crippen molar-refractivity contribution in [2.24, 2.45) is 0 Å². The first-order valence-electron chi connectivity index (χ1n) is 6.37. The molecule has 1 aliphatic heterocycles. The van der Waals surface area contributed by atoms with E-state index in [-0.39, 0.29) is 18.0 Å². The van der Waals surface area contributed by atoms with Crippen LogP contribution in [0, 0.1) is 0 Å². The number of carbonyl (C=O) groups excluding carboxylic acids is 2. The lowest BCUT2D eigenvalue weighted by molar-refractivity contribution is -0.130. The summed E-state index contributed by atoms with van der Waals surface area (Å²) in [7, 11) is 0. The van der Waals surface area contributed by atoms with Gasteiger partial charge in [-0.05, 0) is 25.0 Å². The smallest absolute Gasteiger partial charge is 0.252 e. The summed E-state index contributed by atoms with van der Waals surface area (Å²) in [5.41, 5.74) is 0.627. The van der Waals surface area contributed by atoms with Crippen molar-refractivity contribution in [3.8, 4) is 0 Å². The van der Waals surface area contributed by atoms with Crippen molar-refractivity contribution in [2.75, 3.05) is 6.54 Å². The molecule has 1 saturated heterocycles. The molecule has 1 unspecified atom stereocenters. The maximum Gasteiger partial charge on any atom is 0.252 e. The van der Waals surface area contributed by atoms with Crippen LogP contribution in [0.4, 0.5) is 0 Å². The van der Waals surface area contributed by atoms with Crippen LogP contribution in [0.25, 0.3) is 0 Å². The normalized spacial score (nSPS) is 16.7. The Labute approximate surface area is 107 Å². The maximum atomic E-state index is 12.0. The molecule has 4 nitrogen and oxygen atoms in total. The number of hydrogen-bond acceptors (Lipinski definition) is 2. The second-order valence-corrected chi connectivity index (χ2v) is 4.45. The molecule has 2 rings (SSSR count). The van der Waals surface area contributed by atoms with E-state index >= 15 is 0 Å². The zero-order chi connectivity index (χ0) is 13.0. The third kappa shape index (κ3) is 2.70. The van der Waals surface area contributed by atoms with Gasteiger partial charge in [0.15, 0.2) is 0 Å². The highest BCUT2D eigenvalue weighted by Gasteiger charge is 2.27. The summed E-state index contributed by atoms with van der Waals surface area (Å²) in [6, 6.07) is 9.08. The van der Waals surface area contributed by atoms with Crippen molar-refractivity contribution in [2.45, 2.75) is 32.4 Å². The molecule has 96 valence electrons. The van der Waals surface area contributed by atoms with E-state index in [0.717, 1.165) is 19.4 Å². The molecule has 4 heteroatoms. The van der Waals surface area contributed by atoms with Crippen LogP contribution in [0.15, 0.2) is 30.3 Å². The summed E-state index contributed by atoms with van der Waals surface area (Å²) < 4.78 is 0. The molecule has 0 spiro atoms. The van der Waals surface area contributed by atoms with E-state index in [1.54, 1.807) is 17.0 Å². The quantitative estimate of drug-likeness (QED) is 0.880. The van der Waals surface area contributed by atoms with Gasteiger partial charge < -0.3 is 10.2 Å². The summed E-state index contributed by atoms with van der Waals surface area (Å²) in [5.74, 6) is 0.0114. The average molecular weight is 246 g/mol. The molecule has 0 bridgehead atoms. The summed E-state index contributed by atoms with van der Waals surface area (Å²) in [6.07, 6.45) is 2.02. The second kappa shape index (κ2) is 5.67. The van der Waals surface area contributed by atoms with E-state index in [9.17, 15) is 9.59 Å². The molecular formula is C14H18N2O2. The minimum atomic E-state index is -0.187. The van der Waals surface area contributed by atoms with Crippen LogP contribution in [-0.2, 0) is 4.79 Å². The van der Waals surface area contributed by atoms with E-state index in [1.807, 2.05) is 25.1 Å². The van der Waals surface area contributed by atoms with Crippen molar-refractivity contribution in [3.05, 3.63) is 35.9 Å². The molecule has 1 aliphatic rings. The van der Waals surface area contributed by atoms with E-state index in [0.29, 0.717) is 12.0 Å². The van der Waals surface area contributed by atoms with Crippen molar-refractivity contribution < 1.29 is 9.59 Å². The average Bonchev–Trinajstić information content (AvgIpc) is 2.83. The van der Waals surface area contributed by atoms with E-state index in [1.165, 1.54) is 0 Å². The highest BCUT2D eigenvalue weighted by molar-refractivity contribution is 5.94. The Balaban J connectivity index is 2.02. The van der Waals surface area contributed by atoms with E-state index in [2.05, 4.69) is 5.32 Å². The van der Waals surface area contributed by atoms with Gasteiger partial charge >= 0.3 is 0 Å². The van der Waals surface area contributed by atoms with Crippen LogP contribution in [0.3, 0.4) is 0 Å². The molecule has 0 aromatic heterocycles. The van der Waals surface area contributed by atoms with Crippen LogP contribution in [0.5, 0.6) is 0 Å². The van der Waals surface area contributed by atoms with Gasteiger partial charge in [0.25, 0.3) is 5.91 Å². The standard InChI is InChI=1S/C14H18N2O2/c1-2-12(16-10-6-9-13(16)17)15-14(18)11-7-4-3-5-8-11/h3-5,7-8,12H,2,6,9-10H2,1H3,(H,15,18). The third-order valence-electron chi connectivity index (χ3n) is 3.21. The number of hydrogen-bond donors (Lipinski definition) is 1. The lowest BCUT2D eigenvalue weighted by Crippen LogP contribution is -2.48. The van der Waals surface area contributed by atoms with Crippen molar-refractivity contribution in [1.82, 2.24) is 10.2 Å². The number of rotatable bonds is 4. The molecule has 0 radical (unpaired) electrons. The molecule has 1 aromatic rings. The van der Waals surface area contributed by atoms with Crippen LogP contribution in [0.1, 0.15) is 36.5 Å². The lowest BCUT2D eigenvalue weighted by Gasteiger charge is -2.27. The molecule has 0 aliphatic carbocycles. The van der Waals surface area contributed by atoms with Crippen molar-refractivity contribution >= 4 is 11.8 Å². The number of benzene rings is 1. The van der Waals surface area contributed by atoms with Crippen LogP contribution < -0.4 is 5.32 Å². The summed E-state index contributed by atoms with van der Waals surface area (Å²) in [5, 5.41) is 2.92. The fraction of sp³-hybridized carbons (Fsp3) is 0.429. The van der Waals surface area contributed by atoms with Crippen molar-refractivity contribution in [3.63, 3.8) is 0 Å². The fourth-order valence-electron chi connectivity index (χ4n) is 2.22. The van der Waals surface area contributed by atoms with Gasteiger partial charge in [0.2, 0.25) is 5.91 Å². The van der Waals surface area contributed by atoms with Gasteiger partial charge in [-0.1, -0.05) is 25.1 Å². The van der Waals surface area contributed by atoms with Gasteiger partial charge in [0.1, 0.15) is 6.17 Å². The van der Waals surface area contributed by atoms with Gasteiger partial charge in [0, 0.05) is 18.5 Å². The number of nitrogens with zero attached hydrogens (tertiary/aromatic N) is 1. The Kier molecular flexibility index (Phi) is 3.97. The molecular weight excluding hydrogens is 228 g/mol.